The van der Waals surface area contributed by atoms with E-state index in [-0.39, 0.29) is 17.4 Å². The first-order chi connectivity index (χ1) is 9.40. The summed E-state index contributed by atoms with van der Waals surface area (Å²) >= 11 is 3.25. The molecule has 0 saturated carbocycles. The normalized spacial score (nSPS) is 13.2. The van der Waals surface area contributed by atoms with Gasteiger partial charge >= 0.3 is 0 Å². The molecule has 0 heterocycles. The quantitative estimate of drug-likeness (QED) is 0.692. The van der Waals surface area contributed by atoms with Gasteiger partial charge in [0, 0.05) is 17.6 Å². The molecular weight excluding hydrogens is 346 g/mol. The van der Waals surface area contributed by atoms with E-state index in [0.717, 1.165) is 6.42 Å². The minimum Gasteiger partial charge on any atom is -0.495 e. The van der Waals surface area contributed by atoms with Crippen LogP contribution in [0.5, 0.6) is 5.75 Å². The Bertz CT molecular complexity index is 533. The molecule has 1 rings (SSSR count). The van der Waals surface area contributed by atoms with Gasteiger partial charge in [-0.1, -0.05) is 22.9 Å². The Morgan fingerprint density at radius 3 is 2.75 bits per heavy atom. The van der Waals surface area contributed by atoms with E-state index in [1.165, 1.54) is 13.2 Å². The van der Waals surface area contributed by atoms with Crippen LogP contribution in [0.1, 0.15) is 19.8 Å². The van der Waals surface area contributed by atoms with Crippen LogP contribution in [0.25, 0.3) is 0 Å². The van der Waals surface area contributed by atoms with Crippen molar-refractivity contribution >= 4 is 26.0 Å². The number of halogens is 1. The zero-order valence-electron chi connectivity index (χ0n) is 11.6. The highest BCUT2D eigenvalue weighted by Crippen LogP contribution is 2.27. The Kier molecular flexibility index (Phi) is 6.94. The molecule has 0 saturated heterocycles. The summed E-state index contributed by atoms with van der Waals surface area (Å²) in [6.45, 7) is 2.38. The van der Waals surface area contributed by atoms with Crippen molar-refractivity contribution in [3.8, 4) is 5.75 Å². The largest absolute Gasteiger partial charge is 0.495 e. The van der Waals surface area contributed by atoms with Gasteiger partial charge < -0.3 is 9.84 Å². The van der Waals surface area contributed by atoms with Gasteiger partial charge in [0.15, 0.2) is 0 Å². The molecule has 7 heteroatoms. The summed E-state index contributed by atoms with van der Waals surface area (Å²) in [5, 5.41) is 8.91. The molecule has 0 spiro atoms. The molecule has 20 heavy (non-hydrogen) atoms. The van der Waals surface area contributed by atoms with E-state index < -0.39 is 10.0 Å². The fourth-order valence-electron chi connectivity index (χ4n) is 1.69. The fourth-order valence-corrected chi connectivity index (χ4v) is 3.47. The van der Waals surface area contributed by atoms with Crippen LogP contribution >= 0.6 is 15.9 Å². The lowest BCUT2D eigenvalue weighted by Gasteiger charge is -2.12. The van der Waals surface area contributed by atoms with Gasteiger partial charge in [0.25, 0.3) is 0 Å². The minimum atomic E-state index is -3.60. The van der Waals surface area contributed by atoms with Gasteiger partial charge in [0.2, 0.25) is 10.0 Å². The molecule has 0 aliphatic carbocycles. The molecule has 0 aliphatic rings. The van der Waals surface area contributed by atoms with Crippen molar-refractivity contribution in [1.82, 2.24) is 4.72 Å². The molecule has 5 nitrogen and oxygen atoms in total. The number of sulfonamides is 1. The second-order valence-corrected chi connectivity index (χ2v) is 7.27. The number of rotatable bonds is 8. The van der Waals surface area contributed by atoms with Gasteiger partial charge in [-0.05, 0) is 37.0 Å². The van der Waals surface area contributed by atoms with Crippen LogP contribution < -0.4 is 9.46 Å². The monoisotopic (exact) mass is 365 g/mol. The first-order valence-electron chi connectivity index (χ1n) is 6.34. The van der Waals surface area contributed by atoms with E-state index in [1.807, 2.05) is 6.92 Å². The van der Waals surface area contributed by atoms with E-state index in [0.29, 0.717) is 23.2 Å². The van der Waals surface area contributed by atoms with E-state index in [4.69, 9.17) is 9.84 Å². The summed E-state index contributed by atoms with van der Waals surface area (Å²) in [5.41, 5.74) is 0. The highest BCUT2D eigenvalue weighted by molar-refractivity contribution is 9.10. The van der Waals surface area contributed by atoms with Crippen molar-refractivity contribution in [3.63, 3.8) is 0 Å². The van der Waals surface area contributed by atoms with Gasteiger partial charge in [-0.3, -0.25) is 0 Å². The lowest BCUT2D eigenvalue weighted by Crippen LogP contribution is -2.25. The number of hydrogen-bond donors (Lipinski definition) is 2. The van der Waals surface area contributed by atoms with E-state index >= 15 is 0 Å². The maximum Gasteiger partial charge on any atom is 0.244 e. The molecule has 114 valence electrons. The summed E-state index contributed by atoms with van der Waals surface area (Å²) in [4.78, 5) is 0.115. The van der Waals surface area contributed by atoms with Crippen molar-refractivity contribution in [2.24, 2.45) is 5.92 Å². The molecule has 1 atom stereocenters. The fraction of sp³-hybridized carbons (Fsp3) is 0.538. The van der Waals surface area contributed by atoms with Crippen LogP contribution in [-0.2, 0) is 10.0 Å². The molecular formula is C13H20BrNO4S. The minimum absolute atomic E-state index is 0.115. The zero-order chi connectivity index (χ0) is 15.2. The third-order valence-corrected chi connectivity index (χ3v) is 4.87. The summed E-state index contributed by atoms with van der Waals surface area (Å²) in [5.74, 6) is 0.490. The van der Waals surface area contributed by atoms with Gasteiger partial charge in [0.1, 0.15) is 10.6 Å². The third-order valence-electron chi connectivity index (χ3n) is 2.89. The molecule has 0 amide bonds. The number of hydrogen-bond acceptors (Lipinski definition) is 4. The summed E-state index contributed by atoms with van der Waals surface area (Å²) in [6.07, 6.45) is 1.45. The Balaban J connectivity index is 2.71. The van der Waals surface area contributed by atoms with E-state index in [9.17, 15) is 8.42 Å². The second-order valence-electron chi connectivity index (χ2n) is 4.62. The molecule has 1 aromatic carbocycles. The third kappa shape index (κ3) is 5.05. The molecule has 0 bridgehead atoms. The highest BCUT2D eigenvalue weighted by atomic mass is 79.9. The smallest absolute Gasteiger partial charge is 0.244 e. The SMILES string of the molecule is COc1ccc(Br)cc1S(=O)(=O)NCCCC(C)CO. The lowest BCUT2D eigenvalue weighted by atomic mass is 10.1. The molecule has 2 N–H and O–H groups in total. The standard InChI is InChI=1S/C13H20BrNO4S/c1-10(9-16)4-3-7-15-20(17,18)13-8-11(14)5-6-12(13)19-2/h5-6,8,10,15-16H,3-4,7,9H2,1-2H3. The Hall–Kier alpha value is -0.630. The highest BCUT2D eigenvalue weighted by Gasteiger charge is 2.19. The maximum atomic E-state index is 12.2. The van der Waals surface area contributed by atoms with Crippen LogP contribution in [0.3, 0.4) is 0 Å². The Morgan fingerprint density at radius 2 is 2.15 bits per heavy atom. The average molecular weight is 366 g/mol. The number of benzene rings is 1. The summed E-state index contributed by atoms with van der Waals surface area (Å²) in [6, 6.07) is 4.84. The molecule has 0 radical (unpaired) electrons. The summed E-state index contributed by atoms with van der Waals surface area (Å²) < 4.78 is 32.7. The van der Waals surface area contributed by atoms with Crippen molar-refractivity contribution in [1.29, 1.82) is 0 Å². The predicted octanol–water partition coefficient (Wildman–Crippen LogP) is 2.14. The lowest BCUT2D eigenvalue weighted by molar-refractivity contribution is 0.228. The van der Waals surface area contributed by atoms with Gasteiger partial charge in [-0.25, -0.2) is 13.1 Å². The zero-order valence-corrected chi connectivity index (χ0v) is 14.0. The van der Waals surface area contributed by atoms with Gasteiger partial charge in [-0.15, -0.1) is 0 Å². The van der Waals surface area contributed by atoms with E-state index in [1.54, 1.807) is 12.1 Å². The van der Waals surface area contributed by atoms with Crippen molar-refractivity contribution in [2.75, 3.05) is 20.3 Å². The topological polar surface area (TPSA) is 75.6 Å². The van der Waals surface area contributed by atoms with Gasteiger partial charge in [-0.2, -0.15) is 0 Å². The number of aliphatic hydroxyl groups is 1. The van der Waals surface area contributed by atoms with Crippen LogP contribution in [-0.4, -0.2) is 33.8 Å². The Morgan fingerprint density at radius 1 is 1.45 bits per heavy atom. The average Bonchev–Trinajstić information content (AvgIpc) is 2.43. The molecule has 0 aliphatic heterocycles. The van der Waals surface area contributed by atoms with Crippen LogP contribution in [0.15, 0.2) is 27.6 Å². The number of ether oxygens (including phenoxy) is 1. The maximum absolute atomic E-state index is 12.2. The molecule has 1 unspecified atom stereocenters. The Labute approximate surface area is 128 Å². The first-order valence-corrected chi connectivity index (χ1v) is 8.62. The first kappa shape index (κ1) is 17.4. The van der Waals surface area contributed by atoms with E-state index in [2.05, 4.69) is 20.7 Å². The van der Waals surface area contributed by atoms with Gasteiger partial charge in [0.05, 0.1) is 7.11 Å². The molecule has 1 aromatic rings. The molecule has 0 aromatic heterocycles. The molecule has 0 fully saturated rings. The second kappa shape index (κ2) is 7.97. The predicted molar refractivity (Wildman–Crippen MR) is 81.4 cm³/mol. The van der Waals surface area contributed by atoms with Crippen LogP contribution in [0.4, 0.5) is 0 Å². The summed E-state index contributed by atoms with van der Waals surface area (Å²) in [7, 11) is -2.16. The number of nitrogens with one attached hydrogen (secondary N) is 1. The van der Waals surface area contributed by atoms with Crippen molar-refractivity contribution < 1.29 is 18.3 Å². The number of aliphatic hydroxyl groups excluding tert-OH is 1. The van der Waals surface area contributed by atoms with Crippen molar-refractivity contribution in [2.45, 2.75) is 24.7 Å². The van der Waals surface area contributed by atoms with Crippen LogP contribution in [0.2, 0.25) is 0 Å². The van der Waals surface area contributed by atoms with Crippen molar-refractivity contribution in [3.05, 3.63) is 22.7 Å². The number of methoxy groups -OCH3 is 1. The van der Waals surface area contributed by atoms with Crippen LogP contribution in [0, 0.1) is 5.92 Å².